The number of ether oxygens (including phenoxy) is 1. The first-order valence-corrected chi connectivity index (χ1v) is 7.59. The van der Waals surface area contributed by atoms with Crippen LogP contribution in [0.2, 0.25) is 0 Å². The number of carbonyl (C=O) groups excluding carboxylic acids is 1. The molecule has 0 fully saturated rings. The molecule has 1 aromatic heterocycles. The molecule has 4 nitrogen and oxygen atoms in total. The lowest BCUT2D eigenvalue weighted by Gasteiger charge is -2.03. The highest BCUT2D eigenvalue weighted by Crippen LogP contribution is 2.28. The molecule has 0 aliphatic heterocycles. The normalized spacial score (nSPS) is 11.3. The molecule has 1 N–H and O–H groups in total. The minimum atomic E-state index is -0.300. The van der Waals surface area contributed by atoms with Crippen LogP contribution >= 0.6 is 0 Å². The molecule has 3 rings (SSSR count). The van der Waals surface area contributed by atoms with Gasteiger partial charge >= 0.3 is 0 Å². The zero-order chi connectivity index (χ0) is 17.3. The Balaban J connectivity index is 1.90. The van der Waals surface area contributed by atoms with Gasteiger partial charge in [-0.3, -0.25) is 4.79 Å². The van der Waals surface area contributed by atoms with E-state index in [1.54, 1.807) is 12.1 Å². The number of aryl methyl sites for hydroxylation is 2. The lowest BCUT2D eigenvalue weighted by Crippen LogP contribution is -1.95. The third-order valence-corrected chi connectivity index (χ3v) is 3.99. The van der Waals surface area contributed by atoms with Gasteiger partial charge in [0.2, 0.25) is 0 Å². The number of phenolic OH excluding ortho intramolecular Hbond substituents is 1. The van der Waals surface area contributed by atoms with Crippen LogP contribution in [0.25, 0.3) is 17.0 Å². The Labute approximate surface area is 140 Å². The van der Waals surface area contributed by atoms with Crippen molar-refractivity contribution in [2.24, 2.45) is 0 Å². The van der Waals surface area contributed by atoms with Crippen molar-refractivity contribution in [1.82, 2.24) is 0 Å². The number of aromatic hydroxyl groups is 1. The molecule has 2 aromatic carbocycles. The highest BCUT2D eigenvalue weighted by molar-refractivity contribution is 6.08. The van der Waals surface area contributed by atoms with Gasteiger partial charge < -0.3 is 14.3 Å². The fraction of sp³-hybridized carbons (Fsp3) is 0.150. The second-order valence-corrected chi connectivity index (χ2v) is 5.67. The summed E-state index contributed by atoms with van der Waals surface area (Å²) in [6.07, 6.45) is 3.04. The fourth-order valence-corrected chi connectivity index (χ4v) is 2.60. The average Bonchev–Trinajstić information content (AvgIpc) is 2.87. The van der Waals surface area contributed by atoms with E-state index in [0.29, 0.717) is 11.5 Å². The van der Waals surface area contributed by atoms with Gasteiger partial charge in [-0.2, -0.15) is 0 Å². The lowest BCUT2D eigenvalue weighted by molar-refractivity contribution is 0.104. The maximum absolute atomic E-state index is 12.3. The summed E-state index contributed by atoms with van der Waals surface area (Å²) in [5, 5.41) is 11.0. The summed E-state index contributed by atoms with van der Waals surface area (Å²) in [6, 6.07) is 10.6. The highest BCUT2D eigenvalue weighted by atomic mass is 16.5. The van der Waals surface area contributed by atoms with Gasteiger partial charge in [-0.25, -0.2) is 0 Å². The van der Waals surface area contributed by atoms with E-state index in [0.717, 1.165) is 22.1 Å². The predicted octanol–water partition coefficient (Wildman–Crippen LogP) is 4.66. The largest absolute Gasteiger partial charge is 0.507 e. The molecule has 0 aliphatic rings. The summed E-state index contributed by atoms with van der Waals surface area (Å²) in [5.41, 5.74) is 3.11. The van der Waals surface area contributed by atoms with Gasteiger partial charge in [-0.1, -0.05) is 12.1 Å². The first-order valence-electron chi connectivity index (χ1n) is 7.59. The number of allylic oxidation sites excluding steroid dienone is 1. The number of fused-ring (bicyclic) bond motifs is 1. The van der Waals surface area contributed by atoms with Gasteiger partial charge in [0.1, 0.15) is 22.8 Å². The summed E-state index contributed by atoms with van der Waals surface area (Å²) >= 11 is 0. The molecular weight excluding hydrogens is 304 g/mol. The molecule has 0 unspecified atom stereocenters. The van der Waals surface area contributed by atoms with E-state index in [1.165, 1.54) is 25.3 Å². The molecule has 0 atom stereocenters. The van der Waals surface area contributed by atoms with Crippen molar-refractivity contribution < 1.29 is 19.1 Å². The van der Waals surface area contributed by atoms with Crippen LogP contribution in [0.5, 0.6) is 11.5 Å². The van der Waals surface area contributed by atoms with Crippen LogP contribution in [-0.2, 0) is 0 Å². The zero-order valence-electron chi connectivity index (χ0n) is 13.8. The zero-order valence-corrected chi connectivity index (χ0v) is 13.8. The van der Waals surface area contributed by atoms with Gasteiger partial charge in [-0.05, 0) is 49.8 Å². The Kier molecular flexibility index (Phi) is 4.13. The SMILES string of the molecule is COc1ccc(C(=O)C=Cc2oc3cc(C)ccc3c2C)c(O)c1. The molecule has 122 valence electrons. The van der Waals surface area contributed by atoms with Crippen molar-refractivity contribution in [1.29, 1.82) is 0 Å². The van der Waals surface area contributed by atoms with Crippen LogP contribution in [0.4, 0.5) is 0 Å². The molecule has 3 aromatic rings. The van der Waals surface area contributed by atoms with E-state index in [-0.39, 0.29) is 17.1 Å². The van der Waals surface area contributed by atoms with Crippen molar-refractivity contribution in [3.05, 3.63) is 64.9 Å². The number of rotatable bonds is 4. The number of hydrogen-bond donors (Lipinski definition) is 1. The van der Waals surface area contributed by atoms with Gasteiger partial charge in [0.25, 0.3) is 0 Å². The van der Waals surface area contributed by atoms with Crippen LogP contribution in [-0.4, -0.2) is 18.0 Å². The van der Waals surface area contributed by atoms with Crippen molar-refractivity contribution in [3.8, 4) is 11.5 Å². The molecule has 0 saturated carbocycles. The van der Waals surface area contributed by atoms with E-state index >= 15 is 0 Å². The number of methoxy groups -OCH3 is 1. The first-order chi connectivity index (χ1) is 11.5. The number of phenols is 1. The maximum atomic E-state index is 12.3. The predicted molar refractivity (Wildman–Crippen MR) is 93.7 cm³/mol. The smallest absolute Gasteiger partial charge is 0.189 e. The molecule has 0 saturated heterocycles. The van der Waals surface area contributed by atoms with Crippen LogP contribution in [0.3, 0.4) is 0 Å². The van der Waals surface area contributed by atoms with Gasteiger partial charge in [0, 0.05) is 17.0 Å². The Morgan fingerprint density at radius 3 is 2.67 bits per heavy atom. The Hall–Kier alpha value is -3.01. The average molecular weight is 322 g/mol. The Bertz CT molecular complexity index is 948. The summed E-state index contributed by atoms with van der Waals surface area (Å²) in [6.45, 7) is 3.96. The minimum absolute atomic E-state index is 0.110. The monoisotopic (exact) mass is 322 g/mol. The lowest BCUT2D eigenvalue weighted by atomic mass is 10.1. The summed E-state index contributed by atoms with van der Waals surface area (Å²) in [4.78, 5) is 12.3. The number of ketones is 1. The second-order valence-electron chi connectivity index (χ2n) is 5.67. The topological polar surface area (TPSA) is 59.7 Å². The van der Waals surface area contributed by atoms with Crippen LogP contribution in [0.1, 0.15) is 27.2 Å². The second kappa shape index (κ2) is 6.24. The van der Waals surface area contributed by atoms with E-state index in [2.05, 4.69) is 0 Å². The minimum Gasteiger partial charge on any atom is -0.507 e. The maximum Gasteiger partial charge on any atom is 0.189 e. The van der Waals surface area contributed by atoms with Crippen molar-refractivity contribution in [2.45, 2.75) is 13.8 Å². The van der Waals surface area contributed by atoms with Crippen molar-refractivity contribution in [3.63, 3.8) is 0 Å². The van der Waals surface area contributed by atoms with Crippen LogP contribution in [0.15, 0.2) is 46.9 Å². The summed E-state index contributed by atoms with van der Waals surface area (Å²) < 4.78 is 10.8. The van der Waals surface area contributed by atoms with Gasteiger partial charge in [0.15, 0.2) is 5.78 Å². The van der Waals surface area contributed by atoms with Gasteiger partial charge in [-0.15, -0.1) is 0 Å². The number of benzene rings is 2. The standard InChI is InChI=1S/C20H18O4/c1-12-4-6-15-13(2)19(24-20(15)10-12)9-8-17(21)16-7-5-14(23-3)11-18(16)22/h4-11,22H,1-3H3. The molecule has 0 aliphatic carbocycles. The third kappa shape index (κ3) is 2.91. The molecule has 4 heteroatoms. The fourth-order valence-electron chi connectivity index (χ4n) is 2.60. The Morgan fingerprint density at radius 1 is 1.17 bits per heavy atom. The van der Waals surface area contributed by atoms with Crippen molar-refractivity contribution >= 4 is 22.8 Å². The summed E-state index contributed by atoms with van der Waals surface area (Å²) in [7, 11) is 1.50. The van der Waals surface area contributed by atoms with E-state index in [4.69, 9.17) is 9.15 Å². The van der Waals surface area contributed by atoms with E-state index < -0.39 is 0 Å². The van der Waals surface area contributed by atoms with Crippen molar-refractivity contribution in [2.75, 3.05) is 7.11 Å². The number of carbonyl (C=O) groups is 1. The van der Waals surface area contributed by atoms with Gasteiger partial charge in [0.05, 0.1) is 12.7 Å². The third-order valence-electron chi connectivity index (χ3n) is 3.99. The first kappa shape index (κ1) is 15.9. The molecule has 0 amide bonds. The number of hydrogen-bond acceptors (Lipinski definition) is 4. The van der Waals surface area contributed by atoms with Crippen LogP contribution < -0.4 is 4.74 Å². The molecule has 24 heavy (non-hydrogen) atoms. The molecule has 1 heterocycles. The Morgan fingerprint density at radius 2 is 1.96 bits per heavy atom. The van der Waals surface area contributed by atoms with E-state index in [9.17, 15) is 9.90 Å². The molecule has 0 spiro atoms. The van der Waals surface area contributed by atoms with Crippen LogP contribution in [0, 0.1) is 13.8 Å². The highest BCUT2D eigenvalue weighted by Gasteiger charge is 2.11. The quantitative estimate of drug-likeness (QED) is 0.560. The summed E-state index contributed by atoms with van der Waals surface area (Å²) in [5.74, 6) is 0.723. The van der Waals surface area contributed by atoms with E-state index in [1.807, 2.05) is 32.0 Å². The molecular formula is C20H18O4. The number of furan rings is 1. The molecule has 0 radical (unpaired) electrons. The molecule has 0 bridgehead atoms.